The van der Waals surface area contributed by atoms with E-state index in [0.717, 1.165) is 23.1 Å². The van der Waals surface area contributed by atoms with E-state index < -0.39 is 0 Å². The second-order valence-electron chi connectivity index (χ2n) is 4.38. The molecule has 1 N–H and O–H groups in total. The Bertz CT molecular complexity index is 552. The van der Waals surface area contributed by atoms with E-state index >= 15 is 0 Å². The van der Waals surface area contributed by atoms with Crippen molar-refractivity contribution in [3.05, 3.63) is 46.0 Å². The zero-order valence-electron chi connectivity index (χ0n) is 10.3. The zero-order chi connectivity index (χ0) is 13.1. The molecule has 0 amide bonds. The van der Waals surface area contributed by atoms with Gasteiger partial charge in [0.2, 0.25) is 0 Å². The van der Waals surface area contributed by atoms with Crippen LogP contribution in [0.4, 0.5) is 0 Å². The van der Waals surface area contributed by atoms with Crippen molar-refractivity contribution in [2.45, 2.75) is 12.5 Å². The first kappa shape index (κ1) is 12.8. The Balaban J connectivity index is 1.73. The summed E-state index contributed by atoms with van der Waals surface area (Å²) in [5.74, 6) is 1.23. The molecule has 0 saturated carbocycles. The van der Waals surface area contributed by atoms with Crippen LogP contribution in [-0.2, 0) is 11.2 Å². The summed E-state index contributed by atoms with van der Waals surface area (Å²) in [5.41, 5.74) is 1.14. The van der Waals surface area contributed by atoms with E-state index in [0.29, 0.717) is 24.7 Å². The van der Waals surface area contributed by atoms with Crippen molar-refractivity contribution in [1.29, 1.82) is 0 Å². The lowest BCUT2D eigenvalue weighted by molar-refractivity contribution is 0.00755. The summed E-state index contributed by atoms with van der Waals surface area (Å²) in [6.07, 6.45) is 0.514. The number of nitrogens with one attached hydrogen (secondary N) is 1. The third-order valence-electron chi connectivity index (χ3n) is 2.99. The van der Waals surface area contributed by atoms with Gasteiger partial charge in [-0.2, -0.15) is 4.98 Å². The molecule has 0 radical (unpaired) electrons. The first-order valence-electron chi connectivity index (χ1n) is 6.21. The SMILES string of the molecule is Brc1ccccc1Cc1noc(C2CNCCO2)n1. The summed E-state index contributed by atoms with van der Waals surface area (Å²) >= 11 is 3.52. The Morgan fingerprint density at radius 1 is 1.37 bits per heavy atom. The van der Waals surface area contributed by atoms with Crippen LogP contribution < -0.4 is 5.32 Å². The fraction of sp³-hybridized carbons (Fsp3) is 0.385. The van der Waals surface area contributed by atoms with Crippen LogP contribution in [0.5, 0.6) is 0 Å². The standard InChI is InChI=1S/C13H14BrN3O2/c14-10-4-2-1-3-9(10)7-12-16-13(19-17-12)11-8-15-5-6-18-11/h1-4,11,15H,5-8H2. The van der Waals surface area contributed by atoms with Gasteiger partial charge in [-0.3, -0.25) is 0 Å². The highest BCUT2D eigenvalue weighted by Crippen LogP contribution is 2.20. The lowest BCUT2D eigenvalue weighted by Crippen LogP contribution is -2.33. The third kappa shape index (κ3) is 3.02. The molecule has 3 rings (SSSR count). The van der Waals surface area contributed by atoms with Crippen molar-refractivity contribution in [2.75, 3.05) is 19.7 Å². The van der Waals surface area contributed by atoms with Crippen molar-refractivity contribution in [1.82, 2.24) is 15.5 Å². The number of hydrogen-bond acceptors (Lipinski definition) is 5. The topological polar surface area (TPSA) is 60.2 Å². The van der Waals surface area contributed by atoms with Gasteiger partial charge in [0.15, 0.2) is 5.82 Å². The Morgan fingerprint density at radius 3 is 3.05 bits per heavy atom. The van der Waals surface area contributed by atoms with E-state index in [1.54, 1.807) is 0 Å². The van der Waals surface area contributed by atoms with Crippen molar-refractivity contribution in [3.63, 3.8) is 0 Å². The highest BCUT2D eigenvalue weighted by atomic mass is 79.9. The maximum atomic E-state index is 5.58. The van der Waals surface area contributed by atoms with Crippen LogP contribution in [0.15, 0.2) is 33.3 Å². The van der Waals surface area contributed by atoms with E-state index in [1.807, 2.05) is 24.3 Å². The first-order chi connectivity index (χ1) is 9.33. The maximum absolute atomic E-state index is 5.58. The molecule has 1 atom stereocenters. The van der Waals surface area contributed by atoms with Crippen LogP contribution in [0.25, 0.3) is 0 Å². The molecule has 1 aliphatic heterocycles. The van der Waals surface area contributed by atoms with E-state index in [4.69, 9.17) is 9.26 Å². The van der Waals surface area contributed by atoms with Crippen molar-refractivity contribution >= 4 is 15.9 Å². The molecular formula is C13H14BrN3O2. The highest BCUT2D eigenvalue weighted by molar-refractivity contribution is 9.10. The third-order valence-corrected chi connectivity index (χ3v) is 3.77. The summed E-state index contributed by atoms with van der Waals surface area (Å²) < 4.78 is 11.9. The van der Waals surface area contributed by atoms with Crippen LogP contribution in [0.3, 0.4) is 0 Å². The number of aromatic nitrogens is 2. The number of rotatable bonds is 3. The smallest absolute Gasteiger partial charge is 0.257 e. The Morgan fingerprint density at radius 2 is 2.26 bits per heavy atom. The second kappa shape index (κ2) is 5.81. The normalized spacial score (nSPS) is 19.5. The molecule has 19 heavy (non-hydrogen) atoms. The Labute approximate surface area is 119 Å². The van der Waals surface area contributed by atoms with Crippen LogP contribution in [-0.4, -0.2) is 29.8 Å². The molecule has 2 aromatic rings. The van der Waals surface area contributed by atoms with Gasteiger partial charge in [0.05, 0.1) is 6.61 Å². The fourth-order valence-corrected chi connectivity index (χ4v) is 2.43. The van der Waals surface area contributed by atoms with E-state index in [1.165, 1.54) is 0 Å². The number of halogens is 1. The molecular weight excluding hydrogens is 310 g/mol. The lowest BCUT2D eigenvalue weighted by Gasteiger charge is -2.19. The molecule has 1 aromatic carbocycles. The number of nitrogens with zero attached hydrogens (tertiary/aromatic N) is 2. The van der Waals surface area contributed by atoms with Crippen molar-refractivity contribution in [3.8, 4) is 0 Å². The number of hydrogen-bond donors (Lipinski definition) is 1. The molecule has 1 aliphatic rings. The summed E-state index contributed by atoms with van der Waals surface area (Å²) in [5, 5.41) is 7.25. The van der Waals surface area contributed by atoms with E-state index in [2.05, 4.69) is 31.4 Å². The molecule has 1 saturated heterocycles. The molecule has 0 bridgehead atoms. The lowest BCUT2D eigenvalue weighted by atomic mass is 10.1. The van der Waals surface area contributed by atoms with Crippen molar-refractivity contribution in [2.24, 2.45) is 0 Å². The molecule has 0 spiro atoms. The minimum Gasteiger partial charge on any atom is -0.366 e. The van der Waals surface area contributed by atoms with Gasteiger partial charge < -0.3 is 14.6 Å². The Kier molecular flexibility index (Phi) is 3.91. The average Bonchev–Trinajstić information content (AvgIpc) is 2.91. The van der Waals surface area contributed by atoms with Gasteiger partial charge in [0, 0.05) is 24.0 Å². The average molecular weight is 324 g/mol. The monoisotopic (exact) mass is 323 g/mol. The molecule has 5 nitrogen and oxygen atoms in total. The molecule has 2 heterocycles. The van der Waals surface area contributed by atoms with E-state index in [9.17, 15) is 0 Å². The van der Waals surface area contributed by atoms with Gasteiger partial charge in [-0.05, 0) is 11.6 Å². The largest absolute Gasteiger partial charge is 0.366 e. The minimum absolute atomic E-state index is 0.130. The molecule has 6 heteroatoms. The summed E-state index contributed by atoms with van der Waals surface area (Å²) in [7, 11) is 0. The molecule has 1 fully saturated rings. The van der Waals surface area contributed by atoms with Gasteiger partial charge in [0.1, 0.15) is 6.10 Å². The van der Waals surface area contributed by atoms with Gasteiger partial charge in [0.25, 0.3) is 5.89 Å². The predicted octanol–water partition coefficient (Wildman–Crippen LogP) is 2.08. The predicted molar refractivity (Wildman–Crippen MR) is 72.8 cm³/mol. The summed E-state index contributed by atoms with van der Waals surface area (Å²) in [6.45, 7) is 2.26. The zero-order valence-corrected chi connectivity index (χ0v) is 11.9. The van der Waals surface area contributed by atoms with Gasteiger partial charge in [-0.25, -0.2) is 0 Å². The summed E-state index contributed by atoms with van der Waals surface area (Å²) in [6, 6.07) is 8.02. The number of ether oxygens (including phenoxy) is 1. The number of morpholine rings is 1. The fourth-order valence-electron chi connectivity index (χ4n) is 2.01. The van der Waals surface area contributed by atoms with Crippen LogP contribution in [0, 0.1) is 0 Å². The van der Waals surface area contributed by atoms with Crippen LogP contribution in [0.2, 0.25) is 0 Å². The molecule has 100 valence electrons. The highest BCUT2D eigenvalue weighted by Gasteiger charge is 2.22. The summed E-state index contributed by atoms with van der Waals surface area (Å²) in [4.78, 5) is 4.41. The van der Waals surface area contributed by atoms with E-state index in [-0.39, 0.29) is 6.10 Å². The van der Waals surface area contributed by atoms with Gasteiger partial charge in [-0.15, -0.1) is 0 Å². The molecule has 0 aliphatic carbocycles. The van der Waals surface area contributed by atoms with Crippen LogP contribution in [0.1, 0.15) is 23.4 Å². The molecule has 1 unspecified atom stereocenters. The maximum Gasteiger partial charge on any atom is 0.257 e. The molecule has 1 aromatic heterocycles. The van der Waals surface area contributed by atoms with Crippen molar-refractivity contribution < 1.29 is 9.26 Å². The quantitative estimate of drug-likeness (QED) is 0.937. The Hall–Kier alpha value is -1.24. The van der Waals surface area contributed by atoms with Gasteiger partial charge in [-0.1, -0.05) is 39.3 Å². The first-order valence-corrected chi connectivity index (χ1v) is 7.00. The van der Waals surface area contributed by atoms with Gasteiger partial charge >= 0.3 is 0 Å². The second-order valence-corrected chi connectivity index (χ2v) is 5.23. The van der Waals surface area contributed by atoms with Crippen LogP contribution >= 0.6 is 15.9 Å². The number of benzene rings is 1. The minimum atomic E-state index is -0.130.